The van der Waals surface area contributed by atoms with Crippen LogP contribution in [0.25, 0.3) is 0 Å². The van der Waals surface area contributed by atoms with Gasteiger partial charge >= 0.3 is 0 Å². The van der Waals surface area contributed by atoms with Gasteiger partial charge in [0, 0.05) is 30.2 Å². The molecule has 1 aromatic heterocycles. The first-order chi connectivity index (χ1) is 11.5. The molecule has 3 rings (SSSR count). The Labute approximate surface area is 145 Å². The molecular weight excluding hydrogens is 326 g/mol. The van der Waals surface area contributed by atoms with Gasteiger partial charge in [0.15, 0.2) is 5.16 Å². The van der Waals surface area contributed by atoms with Crippen molar-refractivity contribution in [2.45, 2.75) is 50.2 Å². The molecule has 0 aliphatic carbocycles. The summed E-state index contributed by atoms with van der Waals surface area (Å²) in [5, 5.41) is 11.7. The monoisotopic (exact) mass is 347 g/mol. The number of non-ortho nitro benzene ring substituents is 1. The smallest absolute Gasteiger partial charge is 0.269 e. The molecule has 0 radical (unpaired) electrons. The zero-order chi connectivity index (χ0) is 17.1. The minimum atomic E-state index is -0.377. The van der Waals surface area contributed by atoms with Gasteiger partial charge in [0.2, 0.25) is 0 Å². The number of nitro benzene ring substituents is 1. The number of nitro groups is 1. The van der Waals surface area contributed by atoms with E-state index in [4.69, 9.17) is 4.74 Å². The van der Waals surface area contributed by atoms with Crippen LogP contribution in [0.2, 0.25) is 0 Å². The lowest BCUT2D eigenvalue weighted by Crippen LogP contribution is -2.16. The minimum Gasteiger partial charge on any atom is -0.376 e. The first kappa shape index (κ1) is 17.0. The van der Waals surface area contributed by atoms with Gasteiger partial charge in [-0.15, -0.1) is 0 Å². The van der Waals surface area contributed by atoms with E-state index in [1.165, 1.54) is 5.69 Å². The molecule has 1 fully saturated rings. The van der Waals surface area contributed by atoms with Gasteiger partial charge < -0.3 is 9.30 Å². The van der Waals surface area contributed by atoms with Crippen molar-refractivity contribution in [1.29, 1.82) is 0 Å². The number of benzene rings is 1. The second-order valence-corrected chi connectivity index (χ2v) is 6.97. The molecule has 0 bridgehead atoms. The fourth-order valence-corrected chi connectivity index (χ4v) is 3.86. The van der Waals surface area contributed by atoms with E-state index in [1.807, 2.05) is 6.92 Å². The van der Waals surface area contributed by atoms with Gasteiger partial charge in [-0.1, -0.05) is 23.9 Å². The summed E-state index contributed by atoms with van der Waals surface area (Å²) in [6.07, 6.45) is 2.50. The summed E-state index contributed by atoms with van der Waals surface area (Å²) in [5.41, 5.74) is 3.39. The molecule has 6 nitrogen and oxygen atoms in total. The molecule has 128 valence electrons. The van der Waals surface area contributed by atoms with Gasteiger partial charge in [-0.05, 0) is 32.3 Å². The molecule has 2 aromatic rings. The minimum absolute atomic E-state index is 0.121. The zero-order valence-corrected chi connectivity index (χ0v) is 14.7. The number of hydrogen-bond acceptors (Lipinski definition) is 5. The summed E-state index contributed by atoms with van der Waals surface area (Å²) < 4.78 is 7.99. The average molecular weight is 347 g/mol. The number of rotatable bonds is 6. The third-order valence-corrected chi connectivity index (χ3v) is 5.40. The number of imidazole rings is 1. The topological polar surface area (TPSA) is 70.2 Å². The van der Waals surface area contributed by atoms with Crippen LogP contribution in [0, 0.1) is 24.0 Å². The third kappa shape index (κ3) is 3.79. The summed E-state index contributed by atoms with van der Waals surface area (Å²) in [5.74, 6) is 0.736. The zero-order valence-electron chi connectivity index (χ0n) is 13.9. The standard InChI is InChI=1S/C17H21N3O3S/c1-12-13(2)19(10-16-4-3-9-23-16)17(18-12)24-11-14-5-7-15(8-6-14)20(21)22/h5-8,16H,3-4,9-11H2,1-2H3/t16-/m0/s1. The fourth-order valence-electron chi connectivity index (χ4n) is 2.80. The molecule has 0 amide bonds. The highest BCUT2D eigenvalue weighted by atomic mass is 32.2. The predicted molar refractivity (Wildman–Crippen MR) is 93.3 cm³/mol. The Morgan fingerprint density at radius 1 is 1.38 bits per heavy atom. The molecule has 1 aliphatic rings. The van der Waals surface area contributed by atoms with Crippen LogP contribution in [-0.2, 0) is 17.0 Å². The van der Waals surface area contributed by atoms with Gasteiger partial charge in [0.25, 0.3) is 5.69 Å². The van der Waals surface area contributed by atoms with Crippen LogP contribution in [0.1, 0.15) is 29.8 Å². The molecule has 0 spiro atoms. The molecule has 0 unspecified atom stereocenters. The lowest BCUT2D eigenvalue weighted by molar-refractivity contribution is -0.384. The van der Waals surface area contributed by atoms with Crippen LogP contribution in [0.3, 0.4) is 0 Å². The highest BCUT2D eigenvalue weighted by molar-refractivity contribution is 7.98. The Morgan fingerprint density at radius 3 is 2.75 bits per heavy atom. The van der Waals surface area contributed by atoms with E-state index in [0.717, 1.165) is 48.2 Å². The van der Waals surface area contributed by atoms with E-state index in [-0.39, 0.29) is 16.7 Å². The van der Waals surface area contributed by atoms with Crippen LogP contribution in [0.4, 0.5) is 5.69 Å². The Hall–Kier alpha value is -1.86. The molecule has 0 saturated carbocycles. The van der Waals surface area contributed by atoms with E-state index in [0.29, 0.717) is 0 Å². The van der Waals surface area contributed by atoms with Crippen molar-refractivity contribution in [3.05, 3.63) is 51.3 Å². The molecule has 1 atom stereocenters. The van der Waals surface area contributed by atoms with Crippen LogP contribution < -0.4 is 0 Å². The molecule has 7 heteroatoms. The Kier molecular flexibility index (Phi) is 5.20. The van der Waals surface area contributed by atoms with Crippen molar-refractivity contribution >= 4 is 17.4 Å². The van der Waals surface area contributed by atoms with E-state index in [1.54, 1.807) is 36.0 Å². The van der Waals surface area contributed by atoms with Crippen LogP contribution in [0.5, 0.6) is 0 Å². The second-order valence-electron chi connectivity index (χ2n) is 6.02. The van der Waals surface area contributed by atoms with Gasteiger partial charge in [-0.25, -0.2) is 4.98 Å². The molecule has 1 saturated heterocycles. The highest BCUT2D eigenvalue weighted by Gasteiger charge is 2.20. The van der Waals surface area contributed by atoms with Crippen molar-refractivity contribution in [2.75, 3.05) is 6.61 Å². The lowest BCUT2D eigenvalue weighted by Gasteiger charge is -2.14. The maximum Gasteiger partial charge on any atom is 0.269 e. The Morgan fingerprint density at radius 2 is 2.12 bits per heavy atom. The van der Waals surface area contributed by atoms with Crippen LogP contribution >= 0.6 is 11.8 Å². The van der Waals surface area contributed by atoms with Gasteiger partial charge in [-0.3, -0.25) is 10.1 Å². The number of nitrogens with zero attached hydrogens (tertiary/aromatic N) is 3. The summed E-state index contributed by atoms with van der Waals surface area (Å²) in [7, 11) is 0. The Balaban J connectivity index is 1.70. The SMILES string of the molecule is Cc1nc(SCc2ccc([N+](=O)[O-])cc2)n(C[C@@H]2CCCO2)c1C. The van der Waals surface area contributed by atoms with Crippen molar-refractivity contribution in [1.82, 2.24) is 9.55 Å². The molecule has 0 N–H and O–H groups in total. The first-order valence-electron chi connectivity index (χ1n) is 8.06. The average Bonchev–Trinajstić information content (AvgIpc) is 3.17. The van der Waals surface area contributed by atoms with E-state index < -0.39 is 0 Å². The van der Waals surface area contributed by atoms with Crippen molar-refractivity contribution in [3.63, 3.8) is 0 Å². The van der Waals surface area contributed by atoms with Crippen molar-refractivity contribution in [2.24, 2.45) is 0 Å². The summed E-state index contributed by atoms with van der Waals surface area (Å²) in [4.78, 5) is 15.0. The van der Waals surface area contributed by atoms with Gasteiger partial charge in [0.05, 0.1) is 23.3 Å². The fraction of sp³-hybridized carbons (Fsp3) is 0.471. The third-order valence-electron chi connectivity index (χ3n) is 4.35. The van der Waals surface area contributed by atoms with Gasteiger partial charge in [-0.2, -0.15) is 0 Å². The quantitative estimate of drug-likeness (QED) is 0.450. The second kappa shape index (κ2) is 7.36. The molecule has 1 aromatic carbocycles. The summed E-state index contributed by atoms with van der Waals surface area (Å²) >= 11 is 1.66. The van der Waals surface area contributed by atoms with E-state index >= 15 is 0 Å². The lowest BCUT2D eigenvalue weighted by atomic mass is 10.2. The number of thioether (sulfide) groups is 1. The van der Waals surface area contributed by atoms with E-state index in [2.05, 4.69) is 16.5 Å². The first-order valence-corrected chi connectivity index (χ1v) is 9.04. The van der Waals surface area contributed by atoms with Crippen LogP contribution in [0.15, 0.2) is 29.4 Å². The molecule has 1 aliphatic heterocycles. The largest absolute Gasteiger partial charge is 0.376 e. The van der Waals surface area contributed by atoms with E-state index in [9.17, 15) is 10.1 Å². The maximum atomic E-state index is 10.7. The predicted octanol–water partition coefficient (Wildman–Crippen LogP) is 3.88. The number of hydrogen-bond donors (Lipinski definition) is 0. The Bertz CT molecular complexity index is 721. The van der Waals surface area contributed by atoms with Crippen molar-refractivity contribution < 1.29 is 9.66 Å². The van der Waals surface area contributed by atoms with Crippen molar-refractivity contribution in [3.8, 4) is 0 Å². The number of aryl methyl sites for hydroxylation is 1. The molecule has 24 heavy (non-hydrogen) atoms. The molecular formula is C17H21N3O3S. The number of aromatic nitrogens is 2. The number of ether oxygens (including phenoxy) is 1. The van der Waals surface area contributed by atoms with Gasteiger partial charge in [0.1, 0.15) is 0 Å². The maximum absolute atomic E-state index is 10.7. The summed E-state index contributed by atoms with van der Waals surface area (Å²) in [6, 6.07) is 6.70. The van der Waals surface area contributed by atoms with Crippen LogP contribution in [-0.4, -0.2) is 27.2 Å². The summed E-state index contributed by atoms with van der Waals surface area (Å²) in [6.45, 7) is 5.81. The normalized spacial score (nSPS) is 17.3. The highest BCUT2D eigenvalue weighted by Crippen LogP contribution is 2.27. The molecule has 2 heterocycles.